The van der Waals surface area contributed by atoms with E-state index >= 15 is 0 Å². The molecular weight excluding hydrogens is 304 g/mol. The van der Waals surface area contributed by atoms with E-state index in [9.17, 15) is 4.79 Å². The molecule has 2 aromatic carbocycles. The van der Waals surface area contributed by atoms with Gasteiger partial charge in [0.15, 0.2) is 0 Å². The van der Waals surface area contributed by atoms with Crippen molar-refractivity contribution in [1.29, 1.82) is 0 Å². The summed E-state index contributed by atoms with van der Waals surface area (Å²) in [7, 11) is 1.98. The van der Waals surface area contributed by atoms with Crippen LogP contribution < -0.4 is 5.32 Å². The molecule has 0 bridgehead atoms. The third-order valence-corrected chi connectivity index (χ3v) is 4.90. The van der Waals surface area contributed by atoms with Crippen molar-refractivity contribution in [2.24, 2.45) is 0 Å². The minimum atomic E-state index is -0.191. The highest BCUT2D eigenvalue weighted by molar-refractivity contribution is 7.09. The van der Waals surface area contributed by atoms with Gasteiger partial charge in [0.05, 0.1) is 6.04 Å². The molecule has 0 saturated carbocycles. The molecule has 3 rings (SSSR count). The molecule has 1 aromatic heterocycles. The third-order valence-electron chi connectivity index (χ3n) is 4.04. The van der Waals surface area contributed by atoms with Gasteiger partial charge in [0.2, 0.25) is 5.91 Å². The fraction of sp³-hybridized carbons (Fsp3) is 0.211. The minimum absolute atomic E-state index is 0.0133. The number of carbonyl (C=O) groups is 1. The first-order chi connectivity index (χ1) is 11.1. The molecule has 1 amide bonds. The Bertz CT molecular complexity index is 798. The molecule has 3 nitrogen and oxygen atoms in total. The van der Waals surface area contributed by atoms with E-state index in [1.165, 1.54) is 10.3 Å². The second-order valence-corrected chi connectivity index (χ2v) is 6.75. The van der Waals surface area contributed by atoms with Gasteiger partial charge >= 0.3 is 0 Å². The number of anilines is 1. The Morgan fingerprint density at radius 1 is 1.13 bits per heavy atom. The van der Waals surface area contributed by atoms with Crippen molar-refractivity contribution in [2.75, 3.05) is 12.4 Å². The van der Waals surface area contributed by atoms with Gasteiger partial charge in [0.25, 0.3) is 0 Å². The number of thiophene rings is 1. The number of nitrogens with zero attached hydrogens (tertiary/aromatic N) is 1. The van der Waals surface area contributed by atoms with Gasteiger partial charge in [0.1, 0.15) is 0 Å². The summed E-state index contributed by atoms with van der Waals surface area (Å²) in [5, 5.41) is 7.38. The van der Waals surface area contributed by atoms with Crippen molar-refractivity contribution in [3.63, 3.8) is 0 Å². The first kappa shape index (κ1) is 15.7. The average molecular weight is 324 g/mol. The van der Waals surface area contributed by atoms with Gasteiger partial charge < -0.3 is 5.32 Å². The van der Waals surface area contributed by atoms with Crippen molar-refractivity contribution in [1.82, 2.24) is 4.90 Å². The maximum absolute atomic E-state index is 12.5. The lowest BCUT2D eigenvalue weighted by atomic mass is 10.1. The van der Waals surface area contributed by atoms with Crippen LogP contribution in [-0.4, -0.2) is 23.9 Å². The third kappa shape index (κ3) is 3.78. The van der Waals surface area contributed by atoms with Crippen molar-refractivity contribution in [3.8, 4) is 0 Å². The first-order valence-electron chi connectivity index (χ1n) is 7.66. The maximum Gasteiger partial charge on any atom is 0.241 e. The van der Waals surface area contributed by atoms with Crippen molar-refractivity contribution in [2.45, 2.75) is 19.5 Å². The van der Waals surface area contributed by atoms with E-state index in [1.807, 2.05) is 50.4 Å². The second kappa shape index (κ2) is 6.94. The van der Waals surface area contributed by atoms with Gasteiger partial charge in [0, 0.05) is 17.1 Å². The summed E-state index contributed by atoms with van der Waals surface area (Å²) in [4.78, 5) is 15.8. The van der Waals surface area contributed by atoms with Gasteiger partial charge in [-0.15, -0.1) is 11.3 Å². The summed E-state index contributed by atoms with van der Waals surface area (Å²) in [5.41, 5.74) is 0.838. The standard InChI is InChI=1S/C19H20N2OS/c1-14(21(2)13-18-8-5-11-23-18)19(22)20-17-10-9-15-6-3-4-7-16(15)12-17/h3-12,14H,13H2,1-2H3,(H,20,22)/t14-/m0/s1. The number of benzene rings is 2. The van der Waals surface area contributed by atoms with Crippen LogP contribution in [0.25, 0.3) is 10.8 Å². The van der Waals surface area contributed by atoms with E-state index < -0.39 is 0 Å². The fourth-order valence-electron chi connectivity index (χ4n) is 2.50. The van der Waals surface area contributed by atoms with Crippen LogP contribution in [0.1, 0.15) is 11.8 Å². The summed E-state index contributed by atoms with van der Waals surface area (Å²) >= 11 is 1.71. The summed E-state index contributed by atoms with van der Waals surface area (Å²) < 4.78 is 0. The maximum atomic E-state index is 12.5. The normalized spacial score (nSPS) is 12.5. The molecule has 0 radical (unpaired) electrons. The van der Waals surface area contributed by atoms with E-state index in [-0.39, 0.29) is 11.9 Å². The summed E-state index contributed by atoms with van der Waals surface area (Å²) in [6.07, 6.45) is 0. The van der Waals surface area contributed by atoms with Crippen LogP contribution in [0.4, 0.5) is 5.69 Å². The summed E-state index contributed by atoms with van der Waals surface area (Å²) in [6.45, 7) is 2.72. The van der Waals surface area contributed by atoms with E-state index in [4.69, 9.17) is 0 Å². The molecule has 0 fully saturated rings. The highest BCUT2D eigenvalue weighted by atomic mass is 32.1. The topological polar surface area (TPSA) is 32.3 Å². The van der Waals surface area contributed by atoms with Gasteiger partial charge in [-0.05, 0) is 48.3 Å². The molecule has 0 spiro atoms. The fourth-order valence-corrected chi connectivity index (χ4v) is 3.27. The van der Waals surface area contributed by atoms with E-state index in [1.54, 1.807) is 11.3 Å². The Balaban J connectivity index is 1.66. The van der Waals surface area contributed by atoms with Crippen molar-refractivity contribution >= 4 is 33.7 Å². The molecular formula is C19H20N2OS. The van der Waals surface area contributed by atoms with Gasteiger partial charge in [-0.1, -0.05) is 36.4 Å². The molecule has 1 N–H and O–H groups in total. The predicted octanol–water partition coefficient (Wildman–Crippen LogP) is 4.36. The van der Waals surface area contributed by atoms with Crippen LogP contribution in [0.5, 0.6) is 0 Å². The highest BCUT2D eigenvalue weighted by Crippen LogP contribution is 2.19. The molecule has 0 aliphatic heterocycles. The Morgan fingerprint density at radius 2 is 1.91 bits per heavy atom. The zero-order valence-corrected chi connectivity index (χ0v) is 14.1. The summed E-state index contributed by atoms with van der Waals surface area (Å²) in [5.74, 6) is 0.0133. The van der Waals surface area contributed by atoms with Gasteiger partial charge in [-0.2, -0.15) is 0 Å². The van der Waals surface area contributed by atoms with Crippen LogP contribution in [0.2, 0.25) is 0 Å². The molecule has 23 heavy (non-hydrogen) atoms. The lowest BCUT2D eigenvalue weighted by Crippen LogP contribution is -2.39. The number of carbonyl (C=O) groups excluding carboxylic acids is 1. The quantitative estimate of drug-likeness (QED) is 0.756. The van der Waals surface area contributed by atoms with Crippen molar-refractivity contribution in [3.05, 3.63) is 64.9 Å². The molecule has 0 saturated heterocycles. The number of likely N-dealkylation sites (N-methyl/N-ethyl adjacent to an activating group) is 1. The predicted molar refractivity (Wildman–Crippen MR) is 97.8 cm³/mol. The Hall–Kier alpha value is -2.17. The van der Waals surface area contributed by atoms with Crippen LogP contribution >= 0.6 is 11.3 Å². The second-order valence-electron chi connectivity index (χ2n) is 5.72. The molecule has 1 atom stereocenters. The summed E-state index contributed by atoms with van der Waals surface area (Å²) in [6, 6.07) is 18.1. The van der Waals surface area contributed by atoms with E-state index in [0.717, 1.165) is 17.6 Å². The number of fused-ring (bicyclic) bond motifs is 1. The molecule has 4 heteroatoms. The molecule has 1 heterocycles. The monoisotopic (exact) mass is 324 g/mol. The zero-order chi connectivity index (χ0) is 16.2. The molecule has 118 valence electrons. The Kier molecular flexibility index (Phi) is 4.74. The minimum Gasteiger partial charge on any atom is -0.325 e. The SMILES string of the molecule is C[C@@H](C(=O)Nc1ccc2ccccc2c1)N(C)Cc1cccs1. The van der Waals surface area contributed by atoms with E-state index in [2.05, 4.69) is 33.8 Å². The van der Waals surface area contributed by atoms with Crippen LogP contribution in [0.15, 0.2) is 60.0 Å². The van der Waals surface area contributed by atoms with Gasteiger partial charge in [-0.25, -0.2) is 0 Å². The largest absolute Gasteiger partial charge is 0.325 e. The molecule has 0 aliphatic rings. The highest BCUT2D eigenvalue weighted by Gasteiger charge is 2.18. The lowest BCUT2D eigenvalue weighted by molar-refractivity contribution is -0.120. The number of hydrogen-bond donors (Lipinski definition) is 1. The molecule has 3 aromatic rings. The van der Waals surface area contributed by atoms with Gasteiger partial charge in [-0.3, -0.25) is 9.69 Å². The lowest BCUT2D eigenvalue weighted by Gasteiger charge is -2.23. The number of amides is 1. The van der Waals surface area contributed by atoms with Crippen molar-refractivity contribution < 1.29 is 4.79 Å². The average Bonchev–Trinajstić information content (AvgIpc) is 3.07. The Labute approximate surface area is 140 Å². The van der Waals surface area contributed by atoms with Crippen LogP contribution in [0, 0.1) is 0 Å². The Morgan fingerprint density at radius 3 is 2.65 bits per heavy atom. The van der Waals surface area contributed by atoms with E-state index in [0.29, 0.717) is 0 Å². The number of nitrogens with one attached hydrogen (secondary N) is 1. The van der Waals surface area contributed by atoms with Crippen LogP contribution in [-0.2, 0) is 11.3 Å². The molecule has 0 unspecified atom stereocenters. The zero-order valence-electron chi connectivity index (χ0n) is 13.3. The molecule has 0 aliphatic carbocycles. The smallest absolute Gasteiger partial charge is 0.241 e. The number of rotatable bonds is 5. The number of hydrogen-bond acceptors (Lipinski definition) is 3. The first-order valence-corrected chi connectivity index (χ1v) is 8.54. The van der Waals surface area contributed by atoms with Crippen LogP contribution in [0.3, 0.4) is 0 Å².